The van der Waals surface area contributed by atoms with Crippen LogP contribution >= 0.6 is 0 Å². The maximum atomic E-state index is 12.8. The number of halogens is 2. The second kappa shape index (κ2) is 3.70. The van der Waals surface area contributed by atoms with Crippen LogP contribution in [0, 0.1) is 0 Å². The molecule has 0 unspecified atom stereocenters. The van der Waals surface area contributed by atoms with E-state index in [9.17, 15) is 13.9 Å². The van der Waals surface area contributed by atoms with Gasteiger partial charge < -0.3 is 10.8 Å². The fourth-order valence-corrected chi connectivity index (χ4v) is 1.01. The van der Waals surface area contributed by atoms with Crippen LogP contribution in [0.4, 0.5) is 8.78 Å². The molecule has 0 atom stereocenters. The van der Waals surface area contributed by atoms with E-state index in [1.807, 2.05) is 0 Å². The van der Waals surface area contributed by atoms with Crippen LogP contribution in [0.5, 0.6) is 5.75 Å². The third-order valence-corrected chi connectivity index (χ3v) is 1.74. The van der Waals surface area contributed by atoms with Gasteiger partial charge in [0.15, 0.2) is 0 Å². The van der Waals surface area contributed by atoms with E-state index in [4.69, 9.17) is 5.73 Å². The van der Waals surface area contributed by atoms with Crippen LogP contribution in [0.1, 0.15) is 5.56 Å². The molecule has 0 saturated heterocycles. The lowest BCUT2D eigenvalue weighted by Gasteiger charge is -2.14. The normalized spacial score (nSPS) is 11.6. The van der Waals surface area contributed by atoms with E-state index in [-0.39, 0.29) is 11.3 Å². The van der Waals surface area contributed by atoms with Crippen LogP contribution in [0.15, 0.2) is 24.3 Å². The van der Waals surface area contributed by atoms with E-state index >= 15 is 0 Å². The van der Waals surface area contributed by atoms with Gasteiger partial charge in [0.2, 0.25) is 0 Å². The molecule has 4 heteroatoms. The van der Waals surface area contributed by atoms with Crippen LogP contribution in [0.2, 0.25) is 0 Å². The minimum Gasteiger partial charge on any atom is -0.508 e. The molecule has 0 radical (unpaired) electrons. The number of phenolic OH excluding ortho intramolecular Hbond substituents is 1. The first kappa shape index (κ1) is 9.92. The molecule has 3 N–H and O–H groups in total. The van der Waals surface area contributed by atoms with Crippen molar-refractivity contribution in [3.63, 3.8) is 0 Å². The molecule has 1 aromatic carbocycles. The largest absolute Gasteiger partial charge is 0.508 e. The number of nitrogens with two attached hydrogens (primary N) is 1. The highest BCUT2D eigenvalue weighted by molar-refractivity contribution is 5.32. The quantitative estimate of drug-likeness (QED) is 0.753. The molecule has 0 aliphatic rings. The highest BCUT2D eigenvalue weighted by Crippen LogP contribution is 2.24. The maximum Gasteiger partial charge on any atom is 0.264 e. The molecule has 1 rings (SSSR count). The lowest BCUT2D eigenvalue weighted by Crippen LogP contribution is -2.30. The van der Waals surface area contributed by atoms with E-state index in [1.54, 1.807) is 12.1 Å². The molecule has 72 valence electrons. The third kappa shape index (κ3) is 2.66. The zero-order valence-corrected chi connectivity index (χ0v) is 7.00. The fourth-order valence-electron chi connectivity index (χ4n) is 1.01. The number of benzene rings is 1. The number of phenols is 1. The summed E-state index contributed by atoms with van der Waals surface area (Å²) in [7, 11) is 0. The molecule has 0 bridgehead atoms. The minimum atomic E-state index is -2.95. The molecule has 0 saturated carbocycles. The molecular formula is C9H11F2NO. The second-order valence-electron chi connectivity index (χ2n) is 2.87. The van der Waals surface area contributed by atoms with Gasteiger partial charge in [0.25, 0.3) is 5.92 Å². The monoisotopic (exact) mass is 187 g/mol. The Morgan fingerprint density at radius 3 is 2.46 bits per heavy atom. The van der Waals surface area contributed by atoms with Gasteiger partial charge in [0.1, 0.15) is 5.75 Å². The van der Waals surface area contributed by atoms with Gasteiger partial charge in [0, 0.05) is 6.42 Å². The van der Waals surface area contributed by atoms with Gasteiger partial charge in [-0.15, -0.1) is 0 Å². The maximum absolute atomic E-state index is 12.8. The van der Waals surface area contributed by atoms with E-state index in [0.717, 1.165) is 0 Å². The number of rotatable bonds is 3. The Balaban J connectivity index is 2.80. The summed E-state index contributed by atoms with van der Waals surface area (Å²) in [6.45, 7) is -0.707. The summed E-state index contributed by atoms with van der Waals surface area (Å²) >= 11 is 0. The van der Waals surface area contributed by atoms with E-state index in [0.29, 0.717) is 0 Å². The standard InChI is InChI=1S/C9H11F2NO/c10-9(11,6-12)5-7-3-1-2-4-8(7)13/h1-4,13H,5-6,12H2. The summed E-state index contributed by atoms with van der Waals surface area (Å²) in [6, 6.07) is 6.02. The Kier molecular flexibility index (Phi) is 2.83. The van der Waals surface area contributed by atoms with Crippen molar-refractivity contribution in [2.24, 2.45) is 5.73 Å². The van der Waals surface area contributed by atoms with Gasteiger partial charge in [-0.2, -0.15) is 0 Å². The van der Waals surface area contributed by atoms with Gasteiger partial charge in [-0.1, -0.05) is 18.2 Å². The number of hydrogen-bond donors (Lipinski definition) is 2. The molecule has 0 fully saturated rings. The Bertz CT molecular complexity index is 289. The number of aromatic hydroxyl groups is 1. The van der Waals surface area contributed by atoms with Crippen molar-refractivity contribution in [1.82, 2.24) is 0 Å². The van der Waals surface area contributed by atoms with Crippen LogP contribution in [-0.2, 0) is 6.42 Å². The summed E-state index contributed by atoms with van der Waals surface area (Å²) in [5.41, 5.74) is 5.09. The molecular weight excluding hydrogens is 176 g/mol. The molecule has 0 heterocycles. The van der Waals surface area contributed by atoms with E-state index in [1.165, 1.54) is 12.1 Å². The van der Waals surface area contributed by atoms with Gasteiger partial charge in [-0.3, -0.25) is 0 Å². The zero-order valence-electron chi connectivity index (χ0n) is 7.00. The summed E-state index contributed by atoms with van der Waals surface area (Å²) in [5, 5.41) is 9.20. The SMILES string of the molecule is NCC(F)(F)Cc1ccccc1O. The predicted octanol–water partition coefficient (Wildman–Crippen LogP) is 1.53. The van der Waals surface area contributed by atoms with Crippen LogP contribution in [0.25, 0.3) is 0 Å². The van der Waals surface area contributed by atoms with Crippen LogP contribution < -0.4 is 5.73 Å². The molecule has 1 aromatic rings. The molecule has 0 spiro atoms. The first-order valence-electron chi connectivity index (χ1n) is 3.90. The van der Waals surface area contributed by atoms with Gasteiger partial charge in [-0.05, 0) is 11.6 Å². The molecule has 2 nitrogen and oxygen atoms in total. The van der Waals surface area contributed by atoms with Gasteiger partial charge in [-0.25, -0.2) is 8.78 Å². The zero-order chi connectivity index (χ0) is 9.90. The molecule has 0 aliphatic heterocycles. The Labute approximate surface area is 75.0 Å². The Morgan fingerprint density at radius 1 is 1.31 bits per heavy atom. The van der Waals surface area contributed by atoms with Gasteiger partial charge in [0.05, 0.1) is 6.54 Å². The number of hydrogen-bond acceptors (Lipinski definition) is 2. The predicted molar refractivity (Wildman–Crippen MR) is 45.8 cm³/mol. The minimum absolute atomic E-state index is 0.115. The average molecular weight is 187 g/mol. The van der Waals surface area contributed by atoms with Crippen molar-refractivity contribution in [1.29, 1.82) is 0 Å². The third-order valence-electron chi connectivity index (χ3n) is 1.74. The highest BCUT2D eigenvalue weighted by atomic mass is 19.3. The topological polar surface area (TPSA) is 46.2 Å². The summed E-state index contributed by atoms with van der Waals surface area (Å²) < 4.78 is 25.6. The highest BCUT2D eigenvalue weighted by Gasteiger charge is 2.27. The Hall–Kier alpha value is -1.16. The molecule has 0 amide bonds. The van der Waals surface area contributed by atoms with E-state index < -0.39 is 18.9 Å². The first-order chi connectivity index (χ1) is 6.05. The lowest BCUT2D eigenvalue weighted by atomic mass is 10.1. The smallest absolute Gasteiger partial charge is 0.264 e. The van der Waals surface area contributed by atoms with Gasteiger partial charge >= 0.3 is 0 Å². The average Bonchev–Trinajstić information content (AvgIpc) is 2.09. The lowest BCUT2D eigenvalue weighted by molar-refractivity contribution is 0.0109. The molecule has 13 heavy (non-hydrogen) atoms. The second-order valence-corrected chi connectivity index (χ2v) is 2.87. The fraction of sp³-hybridized carbons (Fsp3) is 0.333. The van der Waals surface area contributed by atoms with Crippen molar-refractivity contribution in [3.8, 4) is 5.75 Å². The van der Waals surface area contributed by atoms with Crippen LogP contribution in [-0.4, -0.2) is 17.6 Å². The number of alkyl halides is 2. The van der Waals surface area contributed by atoms with Crippen molar-refractivity contribution in [2.75, 3.05) is 6.54 Å². The molecule has 0 aromatic heterocycles. The van der Waals surface area contributed by atoms with Crippen molar-refractivity contribution < 1.29 is 13.9 Å². The Morgan fingerprint density at radius 2 is 1.92 bits per heavy atom. The summed E-state index contributed by atoms with van der Waals surface area (Å²) in [5.74, 6) is -3.06. The molecule has 0 aliphatic carbocycles. The van der Waals surface area contributed by atoms with Crippen molar-refractivity contribution >= 4 is 0 Å². The van der Waals surface area contributed by atoms with Crippen molar-refractivity contribution in [2.45, 2.75) is 12.3 Å². The van der Waals surface area contributed by atoms with E-state index in [2.05, 4.69) is 0 Å². The van der Waals surface area contributed by atoms with Crippen LogP contribution in [0.3, 0.4) is 0 Å². The summed E-state index contributed by atoms with van der Waals surface area (Å²) in [4.78, 5) is 0. The summed E-state index contributed by atoms with van der Waals surface area (Å²) in [6.07, 6.45) is -0.518. The van der Waals surface area contributed by atoms with Crippen molar-refractivity contribution in [3.05, 3.63) is 29.8 Å². The first-order valence-corrected chi connectivity index (χ1v) is 3.90. The number of para-hydroxylation sites is 1.